The van der Waals surface area contributed by atoms with Crippen LogP contribution in [0.5, 0.6) is 0 Å². The number of ether oxygens (including phenoxy) is 1. The molecule has 6 nitrogen and oxygen atoms in total. The predicted octanol–water partition coefficient (Wildman–Crippen LogP) is 3.59. The smallest absolute Gasteiger partial charge is 0.333 e. The summed E-state index contributed by atoms with van der Waals surface area (Å²) in [6, 6.07) is 14.5. The lowest BCUT2D eigenvalue weighted by atomic mass is 10.0. The number of rotatable bonds is 7. The number of aromatic nitrogens is 2. The lowest BCUT2D eigenvalue weighted by Gasteiger charge is -2.18. The van der Waals surface area contributed by atoms with E-state index in [-0.39, 0.29) is 18.6 Å². The standard InChI is InChI=1S/C23H24FN3O3/c1-4-30-23(29)22(25-20(28)14-17-10-8-9-13-19(17)24)21-15(2)26-27(16(21)3)18-11-6-5-7-12-18/h5-13,22H,4,14H2,1-3H3,(H,25,28)/t22-/m0/s1. The van der Waals surface area contributed by atoms with Crippen molar-refractivity contribution in [3.8, 4) is 5.69 Å². The molecule has 1 amide bonds. The van der Waals surface area contributed by atoms with E-state index in [4.69, 9.17) is 4.74 Å². The summed E-state index contributed by atoms with van der Waals surface area (Å²) in [5.74, 6) is -1.53. The maximum Gasteiger partial charge on any atom is 0.333 e. The van der Waals surface area contributed by atoms with Gasteiger partial charge in [0.1, 0.15) is 5.82 Å². The normalized spacial score (nSPS) is 11.7. The molecule has 3 rings (SSSR count). The van der Waals surface area contributed by atoms with E-state index in [0.29, 0.717) is 17.0 Å². The van der Waals surface area contributed by atoms with E-state index in [9.17, 15) is 14.0 Å². The number of hydrogen-bond donors (Lipinski definition) is 1. The molecule has 1 atom stereocenters. The SMILES string of the molecule is CCOC(=O)[C@@H](NC(=O)Cc1ccccc1F)c1c(C)nn(-c2ccccc2)c1C. The van der Waals surface area contributed by atoms with Gasteiger partial charge in [-0.2, -0.15) is 5.10 Å². The molecule has 0 saturated carbocycles. The number of esters is 1. The van der Waals surface area contributed by atoms with Gasteiger partial charge >= 0.3 is 5.97 Å². The van der Waals surface area contributed by atoms with Crippen molar-refractivity contribution in [1.82, 2.24) is 15.1 Å². The fourth-order valence-electron chi connectivity index (χ4n) is 3.39. The number of benzene rings is 2. The van der Waals surface area contributed by atoms with E-state index in [0.717, 1.165) is 5.69 Å². The second-order valence-electron chi connectivity index (χ2n) is 6.85. The van der Waals surface area contributed by atoms with Crippen molar-refractivity contribution in [3.05, 3.63) is 82.9 Å². The van der Waals surface area contributed by atoms with Crippen LogP contribution < -0.4 is 5.32 Å². The Hall–Kier alpha value is -3.48. The highest BCUT2D eigenvalue weighted by Gasteiger charge is 2.30. The molecule has 0 unspecified atom stereocenters. The average Bonchev–Trinajstić information content (AvgIpc) is 3.03. The minimum absolute atomic E-state index is 0.170. The van der Waals surface area contributed by atoms with Crippen LogP contribution in [-0.4, -0.2) is 28.3 Å². The van der Waals surface area contributed by atoms with Crippen molar-refractivity contribution in [2.75, 3.05) is 6.61 Å². The molecule has 2 aromatic carbocycles. The summed E-state index contributed by atoms with van der Waals surface area (Å²) in [5.41, 5.74) is 2.97. The molecular weight excluding hydrogens is 385 g/mol. The fraction of sp³-hybridized carbons (Fsp3) is 0.261. The van der Waals surface area contributed by atoms with Crippen molar-refractivity contribution >= 4 is 11.9 Å². The van der Waals surface area contributed by atoms with E-state index in [1.807, 2.05) is 37.3 Å². The molecule has 0 spiro atoms. The molecule has 0 radical (unpaired) electrons. The number of aryl methyl sites for hydroxylation is 1. The number of carbonyl (C=O) groups is 2. The van der Waals surface area contributed by atoms with E-state index >= 15 is 0 Å². The van der Waals surface area contributed by atoms with Gasteiger partial charge in [0, 0.05) is 11.3 Å². The summed E-state index contributed by atoms with van der Waals surface area (Å²) in [6.07, 6.45) is -0.187. The number of nitrogens with one attached hydrogen (secondary N) is 1. The van der Waals surface area contributed by atoms with Crippen molar-refractivity contribution in [2.24, 2.45) is 0 Å². The summed E-state index contributed by atoms with van der Waals surface area (Å²) < 4.78 is 20.8. The third kappa shape index (κ3) is 4.56. The molecule has 1 heterocycles. The van der Waals surface area contributed by atoms with Crippen LogP contribution in [0, 0.1) is 19.7 Å². The Morgan fingerprint density at radius 2 is 1.77 bits per heavy atom. The van der Waals surface area contributed by atoms with Crippen molar-refractivity contribution in [1.29, 1.82) is 0 Å². The van der Waals surface area contributed by atoms with Gasteiger partial charge in [0.15, 0.2) is 6.04 Å². The number of amides is 1. The number of carbonyl (C=O) groups excluding carboxylic acids is 2. The molecule has 1 aromatic heterocycles. The van der Waals surface area contributed by atoms with Gasteiger partial charge < -0.3 is 10.1 Å². The van der Waals surface area contributed by atoms with E-state index in [2.05, 4.69) is 10.4 Å². The van der Waals surface area contributed by atoms with Crippen LogP contribution in [0.3, 0.4) is 0 Å². The summed E-state index contributed by atoms with van der Waals surface area (Å²) in [7, 11) is 0. The molecule has 7 heteroatoms. The van der Waals surface area contributed by atoms with Crippen LogP contribution in [0.15, 0.2) is 54.6 Å². The highest BCUT2D eigenvalue weighted by Crippen LogP contribution is 2.25. The highest BCUT2D eigenvalue weighted by molar-refractivity contribution is 5.87. The van der Waals surface area contributed by atoms with Crippen LogP contribution >= 0.6 is 0 Å². The van der Waals surface area contributed by atoms with Crippen LogP contribution in [-0.2, 0) is 20.7 Å². The number of halogens is 1. The molecule has 1 N–H and O–H groups in total. The molecule has 3 aromatic rings. The first kappa shape index (κ1) is 21.2. The molecule has 0 fully saturated rings. The zero-order valence-corrected chi connectivity index (χ0v) is 17.2. The van der Waals surface area contributed by atoms with Crippen molar-refractivity contribution in [2.45, 2.75) is 33.2 Å². The third-order valence-electron chi connectivity index (χ3n) is 4.77. The van der Waals surface area contributed by atoms with Gasteiger partial charge in [-0.05, 0) is 44.5 Å². The second-order valence-corrected chi connectivity index (χ2v) is 6.85. The Morgan fingerprint density at radius 1 is 1.10 bits per heavy atom. The van der Waals surface area contributed by atoms with Gasteiger partial charge in [0.25, 0.3) is 0 Å². The Balaban J connectivity index is 1.93. The molecule has 0 aliphatic carbocycles. The quantitative estimate of drug-likeness (QED) is 0.606. The van der Waals surface area contributed by atoms with Gasteiger partial charge in [0.05, 0.1) is 24.4 Å². The Bertz CT molecular complexity index is 1050. The zero-order chi connectivity index (χ0) is 21.7. The summed E-state index contributed by atoms with van der Waals surface area (Å²) in [4.78, 5) is 25.3. The molecule has 0 aliphatic rings. The molecule has 30 heavy (non-hydrogen) atoms. The largest absolute Gasteiger partial charge is 0.464 e. The van der Waals surface area contributed by atoms with Gasteiger partial charge in [-0.25, -0.2) is 13.9 Å². The van der Waals surface area contributed by atoms with Crippen LogP contribution in [0.1, 0.15) is 35.5 Å². The minimum atomic E-state index is -1.04. The maximum atomic E-state index is 13.9. The van der Waals surface area contributed by atoms with Crippen molar-refractivity contribution < 1.29 is 18.7 Å². The molecule has 0 bridgehead atoms. The third-order valence-corrected chi connectivity index (χ3v) is 4.77. The van der Waals surface area contributed by atoms with Gasteiger partial charge in [0.2, 0.25) is 5.91 Å². The Labute approximate surface area is 174 Å². The van der Waals surface area contributed by atoms with Gasteiger partial charge in [-0.15, -0.1) is 0 Å². The van der Waals surface area contributed by atoms with E-state index < -0.39 is 23.7 Å². The molecular formula is C23H24FN3O3. The Morgan fingerprint density at radius 3 is 2.43 bits per heavy atom. The van der Waals surface area contributed by atoms with Crippen molar-refractivity contribution in [3.63, 3.8) is 0 Å². The lowest BCUT2D eigenvalue weighted by molar-refractivity contribution is -0.147. The first-order valence-corrected chi connectivity index (χ1v) is 9.73. The topological polar surface area (TPSA) is 73.2 Å². The average molecular weight is 409 g/mol. The number of para-hydroxylation sites is 1. The van der Waals surface area contributed by atoms with Gasteiger partial charge in [-0.3, -0.25) is 4.79 Å². The van der Waals surface area contributed by atoms with Crippen LogP contribution in [0.25, 0.3) is 5.69 Å². The maximum absolute atomic E-state index is 13.9. The predicted molar refractivity (Wildman–Crippen MR) is 111 cm³/mol. The minimum Gasteiger partial charge on any atom is -0.464 e. The van der Waals surface area contributed by atoms with E-state index in [1.54, 1.807) is 30.7 Å². The van der Waals surface area contributed by atoms with Crippen LogP contribution in [0.4, 0.5) is 4.39 Å². The highest BCUT2D eigenvalue weighted by atomic mass is 19.1. The summed E-state index contributed by atoms with van der Waals surface area (Å²) in [5, 5.41) is 7.25. The molecule has 0 saturated heterocycles. The monoisotopic (exact) mass is 409 g/mol. The molecule has 156 valence electrons. The number of nitrogens with zero attached hydrogens (tertiary/aromatic N) is 2. The fourth-order valence-corrected chi connectivity index (χ4v) is 3.39. The van der Waals surface area contributed by atoms with Gasteiger partial charge in [-0.1, -0.05) is 36.4 Å². The number of hydrogen-bond acceptors (Lipinski definition) is 4. The first-order chi connectivity index (χ1) is 14.4. The van der Waals surface area contributed by atoms with E-state index in [1.165, 1.54) is 12.1 Å². The lowest BCUT2D eigenvalue weighted by Crippen LogP contribution is -2.36. The first-order valence-electron chi connectivity index (χ1n) is 9.73. The second kappa shape index (κ2) is 9.35. The Kier molecular flexibility index (Phi) is 6.61. The summed E-state index contributed by atoms with van der Waals surface area (Å²) in [6.45, 7) is 5.47. The molecule has 0 aliphatic heterocycles. The van der Waals surface area contributed by atoms with Crippen LogP contribution in [0.2, 0.25) is 0 Å². The zero-order valence-electron chi connectivity index (χ0n) is 17.2. The summed E-state index contributed by atoms with van der Waals surface area (Å²) >= 11 is 0.